The first-order valence-corrected chi connectivity index (χ1v) is 13.7. The lowest BCUT2D eigenvalue weighted by Gasteiger charge is -2.37. The number of aromatic nitrogens is 2. The van der Waals surface area contributed by atoms with Gasteiger partial charge in [0.25, 0.3) is 0 Å². The summed E-state index contributed by atoms with van der Waals surface area (Å²) >= 11 is 0. The first kappa shape index (κ1) is 27.8. The lowest BCUT2D eigenvalue weighted by atomic mass is 9.86. The van der Waals surface area contributed by atoms with E-state index in [-0.39, 0.29) is 33.6 Å². The van der Waals surface area contributed by atoms with Crippen molar-refractivity contribution < 1.29 is 22.7 Å². The number of hydrogen-bond donors (Lipinski definition) is 0. The van der Waals surface area contributed by atoms with Crippen molar-refractivity contribution in [1.82, 2.24) is 14.5 Å². The molecule has 5 rings (SSSR count). The molecule has 2 fully saturated rings. The number of alkyl halides is 3. The summed E-state index contributed by atoms with van der Waals surface area (Å²) in [5.41, 5.74) is 1.39. The average Bonchev–Trinajstić information content (AvgIpc) is 3.60. The second-order valence-electron chi connectivity index (χ2n) is 10.9. The van der Waals surface area contributed by atoms with Gasteiger partial charge in [-0.1, -0.05) is 19.4 Å². The van der Waals surface area contributed by atoms with Crippen molar-refractivity contribution in [3.63, 3.8) is 0 Å². The molecule has 0 amide bonds. The summed E-state index contributed by atoms with van der Waals surface area (Å²) in [6.07, 6.45) is 4.02. The Morgan fingerprint density at radius 3 is 2.52 bits per heavy atom. The molecular weight excluding hydrogens is 517 g/mol. The monoisotopic (exact) mass is 550 g/mol. The normalized spacial score (nSPS) is 16.9. The smallest absolute Gasteiger partial charge is 0.417 e. The van der Waals surface area contributed by atoms with Gasteiger partial charge in [-0.2, -0.15) is 18.4 Å². The van der Waals surface area contributed by atoms with Crippen molar-refractivity contribution in [2.24, 2.45) is 13.0 Å². The first-order valence-electron chi connectivity index (χ1n) is 13.7. The Hall–Kier alpha value is -3.80. The number of ketones is 1. The van der Waals surface area contributed by atoms with Crippen LogP contribution < -0.4 is 4.74 Å². The topological polar surface area (TPSA) is 71.2 Å². The van der Waals surface area contributed by atoms with Crippen molar-refractivity contribution in [3.05, 3.63) is 70.7 Å². The van der Waals surface area contributed by atoms with Gasteiger partial charge >= 0.3 is 6.18 Å². The maximum Gasteiger partial charge on any atom is 0.417 e. The van der Waals surface area contributed by atoms with Gasteiger partial charge in [0, 0.05) is 55.6 Å². The second-order valence-corrected chi connectivity index (χ2v) is 10.9. The fourth-order valence-corrected chi connectivity index (χ4v) is 6.42. The highest BCUT2D eigenvalue weighted by molar-refractivity contribution is 5.99. The van der Waals surface area contributed by atoms with Crippen molar-refractivity contribution in [1.29, 1.82) is 5.26 Å². The zero-order valence-electron chi connectivity index (χ0n) is 22.9. The highest BCUT2D eigenvalue weighted by Gasteiger charge is 2.39. The highest BCUT2D eigenvalue weighted by Crippen LogP contribution is 2.44. The van der Waals surface area contributed by atoms with Crippen LogP contribution in [0.2, 0.25) is 0 Å². The maximum absolute atomic E-state index is 14.7. The van der Waals surface area contributed by atoms with Crippen LogP contribution in [0.3, 0.4) is 0 Å². The molecule has 1 aliphatic heterocycles. The summed E-state index contributed by atoms with van der Waals surface area (Å²) in [6.45, 7) is 5.88. The minimum absolute atomic E-state index is 0.0510. The third-order valence-electron chi connectivity index (χ3n) is 8.54. The van der Waals surface area contributed by atoms with E-state index in [0.717, 1.165) is 32.1 Å². The van der Waals surface area contributed by atoms with Gasteiger partial charge < -0.3 is 14.2 Å². The molecule has 1 saturated carbocycles. The molecule has 40 heavy (non-hydrogen) atoms. The van der Waals surface area contributed by atoms with E-state index < -0.39 is 23.9 Å². The van der Waals surface area contributed by atoms with Crippen LogP contribution in [-0.2, 0) is 19.6 Å². The molecule has 3 aromatic rings. The average molecular weight is 551 g/mol. The van der Waals surface area contributed by atoms with Crippen LogP contribution in [-0.4, -0.2) is 40.4 Å². The van der Waals surface area contributed by atoms with E-state index in [0.29, 0.717) is 17.2 Å². The first-order chi connectivity index (χ1) is 19.1. The minimum Gasteiger partial charge on any atom is -0.495 e. The summed E-state index contributed by atoms with van der Waals surface area (Å²) in [4.78, 5) is 19.8. The van der Waals surface area contributed by atoms with Gasteiger partial charge in [0.2, 0.25) is 0 Å². The molecule has 0 bridgehead atoms. The molecule has 9 heteroatoms. The van der Waals surface area contributed by atoms with Gasteiger partial charge in [-0.05, 0) is 66.8 Å². The lowest BCUT2D eigenvalue weighted by Crippen LogP contribution is -2.34. The number of hydrogen-bond acceptors (Lipinski definition) is 5. The fourth-order valence-electron chi connectivity index (χ4n) is 6.42. The Kier molecular flexibility index (Phi) is 7.63. The van der Waals surface area contributed by atoms with Gasteiger partial charge in [-0.3, -0.25) is 4.79 Å². The lowest BCUT2D eigenvalue weighted by molar-refractivity contribution is -0.136. The number of allylic oxidation sites excluding steroid dienone is 1. The Bertz CT molecular complexity index is 1490. The number of aryl methyl sites for hydroxylation is 1. The quantitative estimate of drug-likeness (QED) is 0.303. The zero-order valence-corrected chi connectivity index (χ0v) is 22.9. The summed E-state index contributed by atoms with van der Waals surface area (Å²) in [5, 5.41) is 9.45. The predicted molar refractivity (Wildman–Crippen MR) is 146 cm³/mol. The van der Waals surface area contributed by atoms with Crippen molar-refractivity contribution >= 4 is 16.8 Å². The van der Waals surface area contributed by atoms with E-state index in [1.54, 1.807) is 17.8 Å². The number of methoxy groups -OCH3 is 1. The predicted octanol–water partition coefficient (Wildman–Crippen LogP) is 6.78. The van der Waals surface area contributed by atoms with E-state index >= 15 is 0 Å². The van der Waals surface area contributed by atoms with Gasteiger partial charge in [-0.25, -0.2) is 4.98 Å². The van der Waals surface area contributed by atoms with E-state index in [1.165, 1.54) is 56.7 Å². The zero-order chi connectivity index (χ0) is 28.6. The Morgan fingerprint density at radius 2 is 1.90 bits per heavy atom. The van der Waals surface area contributed by atoms with E-state index in [9.17, 15) is 23.2 Å². The number of ether oxygens (including phenoxy) is 1. The third kappa shape index (κ3) is 5.19. The number of nitriles is 1. The number of halogens is 3. The van der Waals surface area contributed by atoms with Crippen LogP contribution >= 0.6 is 0 Å². The molecule has 0 radical (unpaired) electrons. The number of nitrogens with zero attached hydrogens (tertiary/aromatic N) is 4. The maximum atomic E-state index is 14.7. The van der Waals surface area contributed by atoms with E-state index in [1.807, 2.05) is 6.07 Å². The molecule has 0 atom stereocenters. The Balaban J connectivity index is 1.47. The molecule has 3 heterocycles. The molecule has 210 valence electrons. The number of likely N-dealkylation sites (tertiary alicyclic amines) is 1. The molecule has 0 spiro atoms. The highest BCUT2D eigenvalue weighted by atomic mass is 19.4. The molecule has 0 N–H and O–H groups in total. The second kappa shape index (κ2) is 11.0. The SMILES string of the molecule is C=C(C1CCCC1)N1CCC(c2cn(C)c3ncc(CC(=O)c4ccc(OC)c(C#N)c4)c(C(F)(F)F)c23)CC1. The van der Waals surface area contributed by atoms with Crippen LogP contribution in [0, 0.1) is 17.2 Å². The summed E-state index contributed by atoms with van der Waals surface area (Å²) in [6, 6.07) is 6.24. The molecule has 1 aliphatic carbocycles. The summed E-state index contributed by atoms with van der Waals surface area (Å²) in [7, 11) is 3.11. The van der Waals surface area contributed by atoms with Crippen LogP contribution in [0.25, 0.3) is 11.0 Å². The van der Waals surface area contributed by atoms with Crippen LogP contribution in [0.5, 0.6) is 5.75 Å². The molecular formula is C31H33F3N4O2. The molecule has 1 aromatic carbocycles. The number of fused-ring (bicyclic) bond motifs is 1. The Morgan fingerprint density at radius 1 is 1.20 bits per heavy atom. The molecule has 6 nitrogen and oxygen atoms in total. The van der Waals surface area contributed by atoms with Gasteiger partial charge in [0.1, 0.15) is 17.5 Å². The standard InChI is InChI=1S/C31H33F3N4O2/c1-19(20-6-4-5-7-20)38-12-10-21(11-13-38)25-18-37(2)30-28(25)29(31(32,33)34)24(17-36-30)15-26(39)22-8-9-27(40-3)23(14-22)16-35/h8-9,14,17-18,20-21H,1,4-7,10-13,15H2,2-3H3. The van der Waals surface area contributed by atoms with Crippen LogP contribution in [0.4, 0.5) is 13.2 Å². The number of Topliss-reactive ketones (excluding diaryl/α,β-unsaturated/α-hetero) is 1. The fraction of sp³-hybridized carbons (Fsp3) is 0.452. The molecule has 0 unspecified atom stereocenters. The molecule has 2 aromatic heterocycles. The number of carbonyl (C=O) groups is 1. The number of carbonyl (C=O) groups excluding carboxylic acids is 1. The molecule has 1 saturated heterocycles. The van der Waals surface area contributed by atoms with E-state index in [2.05, 4.69) is 16.5 Å². The minimum atomic E-state index is -4.68. The van der Waals surface area contributed by atoms with Crippen LogP contribution in [0.1, 0.15) is 77.1 Å². The summed E-state index contributed by atoms with van der Waals surface area (Å²) in [5.74, 6) is 0.238. The number of rotatable bonds is 7. The summed E-state index contributed by atoms with van der Waals surface area (Å²) < 4.78 is 50.9. The van der Waals surface area contributed by atoms with Crippen molar-refractivity contribution in [2.75, 3.05) is 20.2 Å². The van der Waals surface area contributed by atoms with Crippen molar-refractivity contribution in [2.45, 2.75) is 57.0 Å². The number of piperidine rings is 1. The van der Waals surface area contributed by atoms with Gasteiger partial charge in [-0.15, -0.1) is 0 Å². The van der Waals surface area contributed by atoms with Crippen LogP contribution in [0.15, 0.2) is 42.9 Å². The van der Waals surface area contributed by atoms with Gasteiger partial charge in [0.15, 0.2) is 5.78 Å². The van der Waals surface area contributed by atoms with Crippen molar-refractivity contribution in [3.8, 4) is 11.8 Å². The molecule has 2 aliphatic rings. The Labute approximate surface area is 232 Å². The largest absolute Gasteiger partial charge is 0.495 e. The number of pyridine rings is 1. The van der Waals surface area contributed by atoms with E-state index in [4.69, 9.17) is 4.74 Å². The third-order valence-corrected chi connectivity index (χ3v) is 8.54. The number of benzene rings is 1. The van der Waals surface area contributed by atoms with Gasteiger partial charge in [0.05, 0.1) is 18.2 Å².